The largest absolute Gasteiger partial charge is 0.392 e. The fourth-order valence-electron chi connectivity index (χ4n) is 2.20. The zero-order valence-corrected chi connectivity index (χ0v) is 12.6. The van der Waals surface area contributed by atoms with Gasteiger partial charge in [0.2, 0.25) is 5.91 Å². The molecule has 3 N–H and O–H groups in total. The topological polar surface area (TPSA) is 89.1 Å². The lowest BCUT2D eigenvalue weighted by Crippen LogP contribution is -2.11. The molecule has 1 amide bonds. The van der Waals surface area contributed by atoms with E-state index in [4.69, 9.17) is 5.73 Å². The number of nitrogens with zero attached hydrogens (tertiary/aromatic N) is 2. The normalized spacial score (nSPS) is 11.0. The number of nitrogens with two attached hydrogens (primary N) is 1. The van der Waals surface area contributed by atoms with E-state index in [0.717, 1.165) is 31.9 Å². The van der Waals surface area contributed by atoms with Crippen molar-refractivity contribution in [2.75, 3.05) is 0 Å². The summed E-state index contributed by atoms with van der Waals surface area (Å²) >= 11 is 1.58. The monoisotopic (exact) mass is 313 g/mol. The van der Waals surface area contributed by atoms with Crippen molar-refractivity contribution in [2.45, 2.75) is 19.4 Å². The van der Waals surface area contributed by atoms with Crippen LogP contribution in [0.4, 0.5) is 0 Å². The molecule has 0 bridgehead atoms. The van der Waals surface area contributed by atoms with Gasteiger partial charge in [-0.1, -0.05) is 6.07 Å². The second kappa shape index (κ2) is 6.21. The maximum atomic E-state index is 10.9. The number of carbonyl (C=O) groups is 1. The van der Waals surface area contributed by atoms with Crippen LogP contribution >= 0.6 is 11.3 Å². The number of aryl methyl sites for hydroxylation is 1. The van der Waals surface area contributed by atoms with Crippen LogP contribution in [-0.2, 0) is 17.8 Å². The van der Waals surface area contributed by atoms with Crippen molar-refractivity contribution in [3.63, 3.8) is 0 Å². The van der Waals surface area contributed by atoms with Gasteiger partial charge >= 0.3 is 0 Å². The molecule has 112 valence electrons. The molecule has 1 aromatic carbocycles. The van der Waals surface area contributed by atoms with E-state index >= 15 is 0 Å². The van der Waals surface area contributed by atoms with Crippen molar-refractivity contribution in [1.82, 2.24) is 9.97 Å². The minimum atomic E-state index is -0.318. The maximum Gasteiger partial charge on any atom is 0.217 e. The number of aliphatic hydroxyl groups excluding tert-OH is 1. The summed E-state index contributed by atoms with van der Waals surface area (Å²) < 4.78 is 1.06. The van der Waals surface area contributed by atoms with E-state index in [1.165, 1.54) is 0 Å². The van der Waals surface area contributed by atoms with Crippen LogP contribution in [0.3, 0.4) is 0 Å². The predicted molar refractivity (Wildman–Crippen MR) is 86.3 cm³/mol. The zero-order valence-electron chi connectivity index (χ0n) is 11.8. The van der Waals surface area contributed by atoms with Gasteiger partial charge in [0.05, 0.1) is 16.8 Å². The molecule has 0 radical (unpaired) electrons. The van der Waals surface area contributed by atoms with E-state index in [2.05, 4.69) is 9.97 Å². The van der Waals surface area contributed by atoms with Gasteiger partial charge in [-0.15, -0.1) is 11.3 Å². The van der Waals surface area contributed by atoms with Gasteiger partial charge in [-0.25, -0.2) is 4.98 Å². The van der Waals surface area contributed by atoms with Crippen LogP contribution in [0.5, 0.6) is 0 Å². The number of pyridine rings is 1. The fraction of sp³-hybridized carbons (Fsp3) is 0.188. The molecule has 0 aliphatic carbocycles. The first-order valence-corrected chi connectivity index (χ1v) is 7.70. The molecule has 0 saturated heterocycles. The molecule has 0 atom stereocenters. The molecule has 3 rings (SSSR count). The van der Waals surface area contributed by atoms with E-state index in [1.54, 1.807) is 23.7 Å². The van der Waals surface area contributed by atoms with Crippen LogP contribution in [0.2, 0.25) is 0 Å². The summed E-state index contributed by atoms with van der Waals surface area (Å²) in [5.41, 5.74) is 8.78. The molecular formula is C16H15N3O2S. The Bertz CT molecular complexity index is 829. The molecule has 5 nitrogen and oxygen atoms in total. The Kier molecular flexibility index (Phi) is 4.13. The molecular weight excluding hydrogens is 298 g/mol. The van der Waals surface area contributed by atoms with E-state index < -0.39 is 0 Å². The first-order valence-electron chi connectivity index (χ1n) is 6.88. The number of aliphatic hydroxyl groups is 1. The summed E-state index contributed by atoms with van der Waals surface area (Å²) in [5, 5.41) is 10.1. The van der Waals surface area contributed by atoms with Gasteiger partial charge in [0.25, 0.3) is 0 Å². The standard InChI is InChI=1S/C16H15N3O2S/c17-15(21)4-2-10-5-12(8-18-7-10)16-19-13-6-11(9-20)1-3-14(13)22-16/h1,3,5-8,20H,2,4,9H2,(H2,17,21). The van der Waals surface area contributed by atoms with Crippen molar-refractivity contribution in [3.05, 3.63) is 47.8 Å². The number of hydrogen-bond acceptors (Lipinski definition) is 5. The Balaban J connectivity index is 1.93. The van der Waals surface area contributed by atoms with Crippen LogP contribution in [0.15, 0.2) is 36.7 Å². The lowest BCUT2D eigenvalue weighted by molar-refractivity contribution is -0.117. The molecule has 0 unspecified atom stereocenters. The average molecular weight is 313 g/mol. The van der Waals surface area contributed by atoms with E-state index in [0.29, 0.717) is 12.8 Å². The van der Waals surface area contributed by atoms with Gasteiger partial charge in [-0.3, -0.25) is 9.78 Å². The first kappa shape index (κ1) is 14.6. The lowest BCUT2D eigenvalue weighted by atomic mass is 10.1. The number of fused-ring (bicyclic) bond motifs is 1. The van der Waals surface area contributed by atoms with Crippen LogP contribution < -0.4 is 5.73 Å². The van der Waals surface area contributed by atoms with Gasteiger partial charge in [0.1, 0.15) is 5.01 Å². The van der Waals surface area contributed by atoms with Gasteiger partial charge < -0.3 is 10.8 Å². The van der Waals surface area contributed by atoms with Crippen LogP contribution in [0, 0.1) is 0 Å². The van der Waals surface area contributed by atoms with Gasteiger partial charge in [0.15, 0.2) is 0 Å². The van der Waals surface area contributed by atoms with Crippen molar-refractivity contribution < 1.29 is 9.90 Å². The number of primary amides is 1. The summed E-state index contributed by atoms with van der Waals surface area (Å²) in [6.45, 7) is 0.00690. The molecule has 2 aromatic heterocycles. The lowest BCUT2D eigenvalue weighted by Gasteiger charge is -2.01. The van der Waals surface area contributed by atoms with E-state index in [1.807, 2.05) is 24.3 Å². The highest BCUT2D eigenvalue weighted by Crippen LogP contribution is 2.30. The van der Waals surface area contributed by atoms with E-state index in [-0.39, 0.29) is 12.5 Å². The second-order valence-electron chi connectivity index (χ2n) is 5.03. The van der Waals surface area contributed by atoms with Crippen LogP contribution in [0.1, 0.15) is 17.5 Å². The number of carbonyl (C=O) groups excluding carboxylic acids is 1. The number of benzene rings is 1. The summed E-state index contributed by atoms with van der Waals surface area (Å²) in [6, 6.07) is 7.73. The number of hydrogen-bond donors (Lipinski definition) is 2. The number of amides is 1. The highest BCUT2D eigenvalue weighted by Gasteiger charge is 2.08. The predicted octanol–water partition coefficient (Wildman–Crippen LogP) is 2.27. The summed E-state index contributed by atoms with van der Waals surface area (Å²) in [5.74, 6) is -0.318. The summed E-state index contributed by atoms with van der Waals surface area (Å²) in [4.78, 5) is 19.7. The fourth-order valence-corrected chi connectivity index (χ4v) is 3.13. The Morgan fingerprint density at radius 1 is 1.23 bits per heavy atom. The quantitative estimate of drug-likeness (QED) is 0.756. The Morgan fingerprint density at radius 3 is 2.86 bits per heavy atom. The highest BCUT2D eigenvalue weighted by atomic mass is 32.1. The second-order valence-corrected chi connectivity index (χ2v) is 6.06. The third kappa shape index (κ3) is 3.13. The molecule has 0 aliphatic rings. The number of rotatable bonds is 5. The van der Waals surface area contributed by atoms with Gasteiger partial charge in [-0.05, 0) is 35.7 Å². The minimum Gasteiger partial charge on any atom is -0.392 e. The van der Waals surface area contributed by atoms with Crippen molar-refractivity contribution >= 4 is 27.5 Å². The minimum absolute atomic E-state index is 0.00690. The van der Waals surface area contributed by atoms with Crippen molar-refractivity contribution in [3.8, 4) is 10.6 Å². The molecule has 0 aliphatic heterocycles. The summed E-state index contributed by atoms with van der Waals surface area (Å²) in [6.07, 6.45) is 4.39. The maximum absolute atomic E-state index is 10.9. The molecule has 0 fully saturated rings. The smallest absolute Gasteiger partial charge is 0.217 e. The molecule has 6 heteroatoms. The van der Waals surface area contributed by atoms with Crippen molar-refractivity contribution in [1.29, 1.82) is 0 Å². The number of aromatic nitrogens is 2. The third-order valence-corrected chi connectivity index (χ3v) is 4.42. The molecule has 0 saturated carbocycles. The summed E-state index contributed by atoms with van der Waals surface area (Å²) in [7, 11) is 0. The average Bonchev–Trinajstić information content (AvgIpc) is 2.96. The van der Waals surface area contributed by atoms with Gasteiger partial charge in [-0.2, -0.15) is 0 Å². The Hall–Kier alpha value is -2.31. The molecule has 2 heterocycles. The molecule has 3 aromatic rings. The third-order valence-electron chi connectivity index (χ3n) is 3.34. The number of thiazole rings is 1. The van der Waals surface area contributed by atoms with E-state index in [9.17, 15) is 9.90 Å². The molecule has 0 spiro atoms. The highest BCUT2D eigenvalue weighted by molar-refractivity contribution is 7.21. The Labute approximate surface area is 131 Å². The molecule has 22 heavy (non-hydrogen) atoms. The Morgan fingerprint density at radius 2 is 2.09 bits per heavy atom. The zero-order chi connectivity index (χ0) is 15.5. The van der Waals surface area contributed by atoms with Crippen LogP contribution in [0.25, 0.3) is 20.8 Å². The van der Waals surface area contributed by atoms with Crippen LogP contribution in [-0.4, -0.2) is 21.0 Å². The first-order chi connectivity index (χ1) is 10.7. The SMILES string of the molecule is NC(=O)CCc1cncc(-c2nc3cc(CO)ccc3s2)c1. The van der Waals surface area contributed by atoms with Gasteiger partial charge in [0, 0.05) is 24.4 Å². The van der Waals surface area contributed by atoms with Crippen molar-refractivity contribution in [2.24, 2.45) is 5.73 Å².